The highest BCUT2D eigenvalue weighted by Crippen LogP contribution is 2.28. The number of rotatable bonds is 6. The third-order valence-electron chi connectivity index (χ3n) is 3.67. The Kier molecular flexibility index (Phi) is 5.14. The van der Waals surface area contributed by atoms with E-state index in [1.807, 2.05) is 63.2 Å². The van der Waals surface area contributed by atoms with Crippen molar-refractivity contribution in [2.75, 3.05) is 7.11 Å². The summed E-state index contributed by atoms with van der Waals surface area (Å²) in [6.07, 6.45) is 0.0952. The van der Waals surface area contributed by atoms with Gasteiger partial charge in [-0.15, -0.1) is 0 Å². The smallest absolute Gasteiger partial charge is 0.258 e. The van der Waals surface area contributed by atoms with Crippen LogP contribution in [0.4, 0.5) is 0 Å². The van der Waals surface area contributed by atoms with Crippen LogP contribution in [0.5, 0.6) is 5.75 Å². The van der Waals surface area contributed by atoms with Gasteiger partial charge < -0.3 is 14.0 Å². The molecule has 0 aliphatic heterocycles. The van der Waals surface area contributed by atoms with Gasteiger partial charge in [0.15, 0.2) is 0 Å². The molecule has 0 aliphatic carbocycles. The van der Waals surface area contributed by atoms with E-state index in [1.165, 1.54) is 0 Å². The van der Waals surface area contributed by atoms with Gasteiger partial charge in [0.05, 0.1) is 12.7 Å². The van der Waals surface area contributed by atoms with Crippen LogP contribution in [0.3, 0.4) is 0 Å². The van der Waals surface area contributed by atoms with E-state index < -0.39 is 0 Å². The van der Waals surface area contributed by atoms with E-state index in [0.717, 1.165) is 28.0 Å². The predicted octanol–water partition coefficient (Wildman–Crippen LogP) is 4.65. The molecule has 2 aromatic carbocycles. The van der Waals surface area contributed by atoms with E-state index in [4.69, 9.17) is 14.0 Å². The molecule has 0 radical (unpaired) electrons. The van der Waals surface area contributed by atoms with Crippen LogP contribution in [-0.4, -0.2) is 23.4 Å². The first-order valence-corrected chi connectivity index (χ1v) is 8.26. The minimum atomic E-state index is 0.0952. The topological polar surface area (TPSA) is 57.4 Å². The lowest BCUT2D eigenvalue weighted by molar-refractivity contribution is 0.175. The standard InChI is InChI=1S/C20H22N2O3/c1-13(2)24-18-9-8-16(11-17(18)12-23-4)20-21-19(22-25-20)15-7-5-6-14(3)10-15/h5-11,13H,12H2,1-4H3. The maximum Gasteiger partial charge on any atom is 0.258 e. The average Bonchev–Trinajstić information content (AvgIpc) is 3.06. The van der Waals surface area contributed by atoms with Gasteiger partial charge in [0.25, 0.3) is 5.89 Å². The molecule has 0 bridgehead atoms. The van der Waals surface area contributed by atoms with E-state index in [2.05, 4.69) is 10.1 Å². The van der Waals surface area contributed by atoms with Crippen LogP contribution < -0.4 is 4.74 Å². The van der Waals surface area contributed by atoms with Crippen molar-refractivity contribution in [3.63, 3.8) is 0 Å². The Labute approximate surface area is 147 Å². The first-order valence-electron chi connectivity index (χ1n) is 8.26. The normalized spacial score (nSPS) is 11.1. The lowest BCUT2D eigenvalue weighted by Gasteiger charge is -2.14. The molecule has 25 heavy (non-hydrogen) atoms. The monoisotopic (exact) mass is 338 g/mol. The molecule has 5 nitrogen and oxygen atoms in total. The number of aromatic nitrogens is 2. The highest BCUT2D eigenvalue weighted by atomic mass is 16.5. The number of methoxy groups -OCH3 is 1. The first kappa shape index (κ1) is 17.2. The summed E-state index contributed by atoms with van der Waals surface area (Å²) >= 11 is 0. The van der Waals surface area contributed by atoms with Crippen molar-refractivity contribution in [2.45, 2.75) is 33.5 Å². The van der Waals surface area contributed by atoms with Crippen LogP contribution in [0.15, 0.2) is 47.0 Å². The van der Waals surface area contributed by atoms with Gasteiger partial charge in [-0.1, -0.05) is 28.9 Å². The maximum absolute atomic E-state index is 5.83. The van der Waals surface area contributed by atoms with Crippen LogP contribution in [0.1, 0.15) is 25.0 Å². The van der Waals surface area contributed by atoms with Crippen molar-refractivity contribution in [3.8, 4) is 28.6 Å². The number of aryl methyl sites for hydroxylation is 1. The lowest BCUT2D eigenvalue weighted by atomic mass is 10.1. The predicted molar refractivity (Wildman–Crippen MR) is 96.4 cm³/mol. The van der Waals surface area contributed by atoms with Crippen molar-refractivity contribution in [1.29, 1.82) is 0 Å². The van der Waals surface area contributed by atoms with Crippen LogP contribution in [0, 0.1) is 6.92 Å². The third kappa shape index (κ3) is 4.06. The van der Waals surface area contributed by atoms with Crippen LogP contribution in [0.25, 0.3) is 22.8 Å². The van der Waals surface area contributed by atoms with E-state index in [0.29, 0.717) is 18.3 Å². The molecule has 3 aromatic rings. The Hall–Kier alpha value is -2.66. The molecule has 1 heterocycles. The second-order valence-electron chi connectivity index (χ2n) is 6.21. The summed E-state index contributed by atoms with van der Waals surface area (Å²) < 4.78 is 16.6. The highest BCUT2D eigenvalue weighted by molar-refractivity contribution is 5.62. The number of hydrogen-bond acceptors (Lipinski definition) is 5. The molecule has 1 aromatic heterocycles. The number of benzene rings is 2. The fourth-order valence-electron chi connectivity index (χ4n) is 2.59. The fourth-order valence-corrected chi connectivity index (χ4v) is 2.59. The Morgan fingerprint density at radius 1 is 1.08 bits per heavy atom. The van der Waals surface area contributed by atoms with Gasteiger partial charge in [-0.3, -0.25) is 0 Å². The molecule has 0 atom stereocenters. The number of nitrogens with zero attached hydrogens (tertiary/aromatic N) is 2. The quantitative estimate of drug-likeness (QED) is 0.655. The lowest BCUT2D eigenvalue weighted by Crippen LogP contribution is -2.08. The molecule has 0 N–H and O–H groups in total. The Morgan fingerprint density at radius 2 is 1.92 bits per heavy atom. The van der Waals surface area contributed by atoms with Crippen LogP contribution in [0.2, 0.25) is 0 Å². The maximum atomic E-state index is 5.83. The molecule has 0 saturated heterocycles. The van der Waals surface area contributed by atoms with Crippen LogP contribution in [-0.2, 0) is 11.3 Å². The van der Waals surface area contributed by atoms with E-state index >= 15 is 0 Å². The molecule has 0 saturated carbocycles. The second kappa shape index (κ2) is 7.49. The summed E-state index contributed by atoms with van der Waals surface area (Å²) in [5, 5.41) is 4.10. The highest BCUT2D eigenvalue weighted by Gasteiger charge is 2.14. The molecule has 0 spiro atoms. The Morgan fingerprint density at radius 3 is 2.64 bits per heavy atom. The van der Waals surface area contributed by atoms with Gasteiger partial charge in [-0.25, -0.2) is 0 Å². The molecule has 0 unspecified atom stereocenters. The van der Waals surface area contributed by atoms with Gasteiger partial charge in [-0.05, 0) is 45.0 Å². The molecule has 3 rings (SSSR count). The summed E-state index contributed by atoms with van der Waals surface area (Å²) in [4.78, 5) is 4.52. The molecule has 0 amide bonds. The van der Waals surface area contributed by atoms with Gasteiger partial charge in [-0.2, -0.15) is 4.98 Å². The zero-order chi connectivity index (χ0) is 17.8. The fraction of sp³-hybridized carbons (Fsp3) is 0.300. The van der Waals surface area contributed by atoms with Crippen LogP contribution >= 0.6 is 0 Å². The zero-order valence-corrected chi connectivity index (χ0v) is 14.9. The second-order valence-corrected chi connectivity index (χ2v) is 6.21. The molecule has 5 heteroatoms. The third-order valence-corrected chi connectivity index (χ3v) is 3.67. The summed E-state index contributed by atoms with van der Waals surface area (Å²) in [6, 6.07) is 13.8. The number of hydrogen-bond donors (Lipinski definition) is 0. The summed E-state index contributed by atoms with van der Waals surface area (Å²) in [6.45, 7) is 6.48. The number of ether oxygens (including phenoxy) is 2. The Balaban J connectivity index is 1.93. The minimum Gasteiger partial charge on any atom is -0.491 e. The molecule has 0 fully saturated rings. The summed E-state index contributed by atoms with van der Waals surface area (Å²) in [7, 11) is 1.66. The van der Waals surface area contributed by atoms with Gasteiger partial charge in [0, 0.05) is 23.8 Å². The zero-order valence-electron chi connectivity index (χ0n) is 14.9. The van der Waals surface area contributed by atoms with Crippen molar-refractivity contribution < 1.29 is 14.0 Å². The van der Waals surface area contributed by atoms with Crippen molar-refractivity contribution in [2.24, 2.45) is 0 Å². The molecular weight excluding hydrogens is 316 g/mol. The van der Waals surface area contributed by atoms with Crippen molar-refractivity contribution in [3.05, 3.63) is 53.6 Å². The van der Waals surface area contributed by atoms with E-state index in [9.17, 15) is 0 Å². The largest absolute Gasteiger partial charge is 0.491 e. The SMILES string of the molecule is COCc1cc(-c2nc(-c3cccc(C)c3)no2)ccc1OC(C)C. The van der Waals surface area contributed by atoms with Gasteiger partial charge >= 0.3 is 0 Å². The molecule has 130 valence electrons. The first-order chi connectivity index (χ1) is 12.1. The Bertz CT molecular complexity index is 856. The minimum absolute atomic E-state index is 0.0952. The molecule has 0 aliphatic rings. The van der Waals surface area contributed by atoms with Crippen molar-refractivity contribution in [1.82, 2.24) is 10.1 Å². The van der Waals surface area contributed by atoms with E-state index in [-0.39, 0.29) is 6.10 Å². The summed E-state index contributed by atoms with van der Waals surface area (Å²) in [5.41, 5.74) is 3.88. The van der Waals surface area contributed by atoms with Gasteiger partial charge in [0.2, 0.25) is 5.82 Å². The van der Waals surface area contributed by atoms with Crippen molar-refractivity contribution >= 4 is 0 Å². The average molecular weight is 338 g/mol. The van der Waals surface area contributed by atoms with E-state index in [1.54, 1.807) is 7.11 Å². The van der Waals surface area contributed by atoms with Gasteiger partial charge in [0.1, 0.15) is 5.75 Å². The molecular formula is C20H22N2O3. The summed E-state index contributed by atoms with van der Waals surface area (Å²) in [5.74, 6) is 1.86.